The zero-order valence-corrected chi connectivity index (χ0v) is 16.8. The van der Waals surface area contributed by atoms with E-state index in [4.69, 9.17) is 13.9 Å². The zero-order valence-electron chi connectivity index (χ0n) is 16.8. The maximum atomic E-state index is 12.3. The predicted octanol–water partition coefficient (Wildman–Crippen LogP) is 3.61. The number of furan rings is 1. The van der Waals surface area contributed by atoms with E-state index in [2.05, 4.69) is 10.2 Å². The van der Waals surface area contributed by atoms with Crippen LogP contribution < -0.4 is 14.8 Å². The number of methoxy groups -OCH3 is 2. The predicted molar refractivity (Wildman–Crippen MR) is 107 cm³/mol. The van der Waals surface area contributed by atoms with Gasteiger partial charge >= 0.3 is 0 Å². The zero-order chi connectivity index (χ0) is 19.8. The standard InChI is InChI=1S/C22H30N2O4/c1-26-19-9-8-18(21(13-19)27-2)14-23-22(25)10-7-17-5-3-11-24(15-17)16-20-6-4-12-28-20/h4,6,8-9,12-13,17H,3,5,7,10-11,14-16H2,1-2H3,(H,23,25). The molecular formula is C22H30N2O4. The number of rotatable bonds is 9. The summed E-state index contributed by atoms with van der Waals surface area (Å²) in [5.41, 5.74) is 0.943. The van der Waals surface area contributed by atoms with Crippen LogP contribution in [0.1, 0.15) is 37.0 Å². The van der Waals surface area contributed by atoms with Crippen LogP contribution in [-0.2, 0) is 17.9 Å². The molecule has 1 aliphatic heterocycles. The van der Waals surface area contributed by atoms with Crippen molar-refractivity contribution in [3.63, 3.8) is 0 Å². The Labute approximate surface area is 166 Å². The minimum absolute atomic E-state index is 0.0843. The van der Waals surface area contributed by atoms with E-state index < -0.39 is 0 Å². The molecule has 0 radical (unpaired) electrons. The van der Waals surface area contributed by atoms with Gasteiger partial charge in [-0.1, -0.05) is 0 Å². The van der Waals surface area contributed by atoms with Crippen molar-refractivity contribution in [2.75, 3.05) is 27.3 Å². The quantitative estimate of drug-likeness (QED) is 0.713. The van der Waals surface area contributed by atoms with Crippen LogP contribution in [0.25, 0.3) is 0 Å². The first-order valence-corrected chi connectivity index (χ1v) is 9.90. The third-order valence-electron chi connectivity index (χ3n) is 5.31. The Bertz CT molecular complexity index is 745. The molecule has 0 spiro atoms. The van der Waals surface area contributed by atoms with E-state index in [-0.39, 0.29) is 5.91 Å². The number of carbonyl (C=O) groups excluding carboxylic acids is 1. The largest absolute Gasteiger partial charge is 0.497 e. The van der Waals surface area contributed by atoms with Crippen LogP contribution in [0.3, 0.4) is 0 Å². The number of hydrogen-bond acceptors (Lipinski definition) is 5. The Kier molecular flexibility index (Phi) is 7.37. The fraction of sp³-hybridized carbons (Fsp3) is 0.500. The van der Waals surface area contributed by atoms with Crippen LogP contribution in [0, 0.1) is 5.92 Å². The summed E-state index contributed by atoms with van der Waals surface area (Å²) in [5, 5.41) is 3.01. The summed E-state index contributed by atoms with van der Waals surface area (Å²) < 4.78 is 16.0. The molecule has 152 valence electrons. The maximum Gasteiger partial charge on any atom is 0.220 e. The molecule has 1 aliphatic rings. The molecule has 28 heavy (non-hydrogen) atoms. The van der Waals surface area contributed by atoms with Gasteiger partial charge < -0.3 is 19.2 Å². The maximum absolute atomic E-state index is 12.3. The molecule has 2 heterocycles. The topological polar surface area (TPSA) is 63.9 Å². The fourth-order valence-corrected chi connectivity index (χ4v) is 3.77. The molecular weight excluding hydrogens is 356 g/mol. The van der Waals surface area contributed by atoms with Gasteiger partial charge in [0.1, 0.15) is 17.3 Å². The Morgan fingerprint density at radius 1 is 1.29 bits per heavy atom. The first kappa shape index (κ1) is 20.3. The summed E-state index contributed by atoms with van der Waals surface area (Å²) in [6.07, 6.45) is 5.56. The molecule has 1 N–H and O–H groups in total. The lowest BCUT2D eigenvalue weighted by molar-refractivity contribution is -0.121. The second kappa shape index (κ2) is 10.2. The Morgan fingerprint density at radius 2 is 2.18 bits per heavy atom. The van der Waals surface area contributed by atoms with E-state index in [1.54, 1.807) is 20.5 Å². The third kappa shape index (κ3) is 5.76. The molecule has 0 saturated carbocycles. The molecule has 1 atom stereocenters. The van der Waals surface area contributed by atoms with Crippen LogP contribution in [0.5, 0.6) is 11.5 Å². The van der Waals surface area contributed by atoms with Crippen molar-refractivity contribution in [3.8, 4) is 11.5 Å². The molecule has 0 bridgehead atoms. The summed E-state index contributed by atoms with van der Waals surface area (Å²) in [6, 6.07) is 9.58. The van der Waals surface area contributed by atoms with Gasteiger partial charge in [0, 0.05) is 31.1 Å². The molecule has 1 fully saturated rings. The number of nitrogens with zero attached hydrogens (tertiary/aromatic N) is 1. The average molecular weight is 386 g/mol. The Hall–Kier alpha value is -2.47. The summed E-state index contributed by atoms with van der Waals surface area (Å²) in [7, 11) is 3.24. The number of amides is 1. The van der Waals surface area contributed by atoms with Gasteiger partial charge in [-0.3, -0.25) is 9.69 Å². The minimum atomic E-state index is 0.0843. The smallest absolute Gasteiger partial charge is 0.220 e. The molecule has 3 rings (SSSR count). The lowest BCUT2D eigenvalue weighted by Gasteiger charge is -2.32. The Balaban J connectivity index is 1.41. The third-order valence-corrected chi connectivity index (χ3v) is 5.31. The molecule has 1 unspecified atom stereocenters. The van der Waals surface area contributed by atoms with Gasteiger partial charge in [-0.15, -0.1) is 0 Å². The second-order valence-electron chi connectivity index (χ2n) is 7.32. The first-order chi connectivity index (χ1) is 13.7. The highest BCUT2D eigenvalue weighted by atomic mass is 16.5. The van der Waals surface area contributed by atoms with Gasteiger partial charge in [0.05, 0.1) is 27.0 Å². The van der Waals surface area contributed by atoms with Crippen LogP contribution in [0.15, 0.2) is 41.0 Å². The number of nitrogens with one attached hydrogen (secondary N) is 1. The van der Waals surface area contributed by atoms with Crippen molar-refractivity contribution in [2.45, 2.75) is 38.8 Å². The van der Waals surface area contributed by atoms with Crippen molar-refractivity contribution in [2.24, 2.45) is 5.92 Å². The van der Waals surface area contributed by atoms with Crippen molar-refractivity contribution >= 4 is 5.91 Å². The van der Waals surface area contributed by atoms with Gasteiger partial charge in [0.2, 0.25) is 5.91 Å². The number of carbonyl (C=O) groups is 1. The number of ether oxygens (including phenoxy) is 2. The average Bonchev–Trinajstić information content (AvgIpc) is 3.23. The van der Waals surface area contributed by atoms with E-state index in [0.29, 0.717) is 18.9 Å². The summed E-state index contributed by atoms with van der Waals surface area (Å²) in [6.45, 7) is 3.44. The highest BCUT2D eigenvalue weighted by Crippen LogP contribution is 2.25. The van der Waals surface area contributed by atoms with E-state index in [1.807, 2.05) is 30.3 Å². The fourth-order valence-electron chi connectivity index (χ4n) is 3.77. The van der Waals surface area contributed by atoms with Gasteiger partial charge in [-0.05, 0) is 56.0 Å². The molecule has 0 aliphatic carbocycles. The van der Waals surface area contributed by atoms with Gasteiger partial charge in [0.25, 0.3) is 0 Å². The summed E-state index contributed by atoms with van der Waals surface area (Å²) in [4.78, 5) is 14.7. The minimum Gasteiger partial charge on any atom is -0.497 e. The molecule has 1 saturated heterocycles. The van der Waals surface area contributed by atoms with Crippen molar-refractivity contribution in [1.29, 1.82) is 0 Å². The van der Waals surface area contributed by atoms with Crippen molar-refractivity contribution < 1.29 is 18.7 Å². The normalized spacial score (nSPS) is 17.3. The molecule has 1 aromatic carbocycles. The lowest BCUT2D eigenvalue weighted by Crippen LogP contribution is -2.35. The summed E-state index contributed by atoms with van der Waals surface area (Å²) in [5.74, 6) is 3.11. The number of piperidine rings is 1. The van der Waals surface area contributed by atoms with E-state index in [1.165, 1.54) is 12.8 Å². The van der Waals surface area contributed by atoms with Gasteiger partial charge in [0.15, 0.2) is 0 Å². The monoisotopic (exact) mass is 386 g/mol. The molecule has 2 aromatic rings. The van der Waals surface area contributed by atoms with Crippen molar-refractivity contribution in [1.82, 2.24) is 10.2 Å². The molecule has 6 nitrogen and oxygen atoms in total. The number of likely N-dealkylation sites (tertiary alicyclic amines) is 1. The van der Waals surface area contributed by atoms with Crippen LogP contribution >= 0.6 is 0 Å². The summed E-state index contributed by atoms with van der Waals surface area (Å²) >= 11 is 0. The highest BCUT2D eigenvalue weighted by molar-refractivity contribution is 5.75. The van der Waals surface area contributed by atoms with Crippen LogP contribution in [-0.4, -0.2) is 38.1 Å². The van der Waals surface area contributed by atoms with E-state index in [0.717, 1.165) is 48.9 Å². The number of hydrogen-bond donors (Lipinski definition) is 1. The van der Waals surface area contributed by atoms with Crippen molar-refractivity contribution in [3.05, 3.63) is 47.9 Å². The van der Waals surface area contributed by atoms with Crippen LogP contribution in [0.2, 0.25) is 0 Å². The van der Waals surface area contributed by atoms with Crippen LogP contribution in [0.4, 0.5) is 0 Å². The van der Waals surface area contributed by atoms with E-state index in [9.17, 15) is 4.79 Å². The van der Waals surface area contributed by atoms with Gasteiger partial charge in [-0.25, -0.2) is 0 Å². The Morgan fingerprint density at radius 3 is 2.93 bits per heavy atom. The molecule has 6 heteroatoms. The lowest BCUT2D eigenvalue weighted by atomic mass is 9.93. The SMILES string of the molecule is COc1ccc(CNC(=O)CCC2CCCN(Cc3ccco3)C2)c(OC)c1. The van der Waals surface area contributed by atoms with Gasteiger partial charge in [-0.2, -0.15) is 0 Å². The van der Waals surface area contributed by atoms with E-state index >= 15 is 0 Å². The highest BCUT2D eigenvalue weighted by Gasteiger charge is 2.21. The molecule has 1 amide bonds. The second-order valence-corrected chi connectivity index (χ2v) is 7.32. The first-order valence-electron chi connectivity index (χ1n) is 9.90. The number of benzene rings is 1. The molecule has 1 aromatic heterocycles.